The van der Waals surface area contributed by atoms with Gasteiger partial charge in [0.25, 0.3) is 0 Å². The lowest BCUT2D eigenvalue weighted by Crippen LogP contribution is -2.09. The minimum absolute atomic E-state index is 0.109. The zero-order chi connectivity index (χ0) is 28.9. The average Bonchev–Trinajstić information content (AvgIpc) is 2.93. The average molecular weight is 527 g/mol. The molecule has 0 radical (unpaired) electrons. The van der Waals surface area contributed by atoms with Crippen LogP contribution in [0, 0.1) is 0 Å². The van der Waals surface area contributed by atoms with Gasteiger partial charge in [0, 0.05) is 0 Å². The number of allylic oxidation sites excluding steroid dienone is 6. The highest BCUT2D eigenvalue weighted by Gasteiger charge is 2.18. The molecule has 0 aliphatic rings. The molecule has 2 aromatic carbocycles. The number of hydrogen-bond donors (Lipinski definition) is 0. The van der Waals surface area contributed by atoms with Crippen LogP contribution in [0.2, 0.25) is 0 Å². The van der Waals surface area contributed by atoms with E-state index in [2.05, 4.69) is 130 Å². The molecule has 0 bridgehead atoms. The van der Waals surface area contributed by atoms with Gasteiger partial charge in [-0.15, -0.1) is 0 Å². The predicted octanol–water partition coefficient (Wildman–Crippen LogP) is 11.8. The van der Waals surface area contributed by atoms with Crippen LogP contribution < -0.4 is 0 Å². The van der Waals surface area contributed by atoms with Crippen LogP contribution in [0.25, 0.3) is 0 Å². The van der Waals surface area contributed by atoms with Gasteiger partial charge in [-0.3, -0.25) is 0 Å². The van der Waals surface area contributed by atoms with Gasteiger partial charge >= 0.3 is 0 Å². The largest absolute Gasteiger partial charge is 0.357 e. The van der Waals surface area contributed by atoms with Crippen LogP contribution in [-0.4, -0.2) is 0 Å². The highest BCUT2D eigenvalue weighted by Crippen LogP contribution is 2.33. The normalized spacial score (nSPS) is 13.7. The number of ether oxygens (including phenoxy) is 1. The first-order valence-electron chi connectivity index (χ1n) is 15.0. The Morgan fingerprint density at radius 1 is 0.538 bits per heavy atom. The van der Waals surface area contributed by atoms with Crippen LogP contribution >= 0.6 is 0 Å². The van der Waals surface area contributed by atoms with Gasteiger partial charge in [0.15, 0.2) is 0 Å². The lowest BCUT2D eigenvalue weighted by atomic mass is 9.98. The van der Waals surface area contributed by atoms with Crippen LogP contribution in [0.4, 0.5) is 0 Å². The van der Waals surface area contributed by atoms with Crippen LogP contribution in [0.3, 0.4) is 0 Å². The third-order valence-corrected chi connectivity index (χ3v) is 8.09. The molecule has 0 aromatic heterocycles. The number of rotatable bonds is 14. The third kappa shape index (κ3) is 11.2. The Morgan fingerprint density at radius 2 is 0.872 bits per heavy atom. The monoisotopic (exact) mass is 526 g/mol. The van der Waals surface area contributed by atoms with Crippen molar-refractivity contribution in [3.05, 3.63) is 116 Å². The predicted molar refractivity (Wildman–Crippen MR) is 172 cm³/mol. The summed E-state index contributed by atoms with van der Waals surface area (Å²) in [5.41, 5.74) is 13.7. The summed E-state index contributed by atoms with van der Waals surface area (Å²) >= 11 is 0. The molecular weight excluding hydrogens is 472 g/mol. The van der Waals surface area contributed by atoms with E-state index < -0.39 is 0 Å². The first kappa shape index (κ1) is 32.6. The summed E-state index contributed by atoms with van der Waals surface area (Å²) in [6.45, 7) is 22.2. The van der Waals surface area contributed by atoms with Crippen molar-refractivity contribution < 1.29 is 4.74 Å². The molecule has 2 rings (SSSR count). The van der Waals surface area contributed by atoms with Crippen LogP contribution in [0.15, 0.2) is 94.1 Å². The molecule has 0 heterocycles. The second-order valence-electron chi connectivity index (χ2n) is 11.8. The highest BCUT2D eigenvalue weighted by molar-refractivity contribution is 5.31. The molecule has 1 heteroatoms. The van der Waals surface area contributed by atoms with Crippen molar-refractivity contribution in [1.29, 1.82) is 0 Å². The summed E-state index contributed by atoms with van der Waals surface area (Å²) in [6.07, 6.45) is 10.9. The molecule has 212 valence electrons. The molecule has 2 atom stereocenters. The van der Waals surface area contributed by atoms with E-state index in [0.29, 0.717) is 0 Å². The molecule has 0 aliphatic heterocycles. The van der Waals surface area contributed by atoms with Gasteiger partial charge in [0.2, 0.25) is 0 Å². The minimum atomic E-state index is -0.109. The number of benzene rings is 2. The molecule has 0 saturated heterocycles. The molecule has 0 fully saturated rings. The van der Waals surface area contributed by atoms with E-state index >= 15 is 0 Å². The fourth-order valence-electron chi connectivity index (χ4n) is 4.42. The first-order valence-corrected chi connectivity index (χ1v) is 15.0. The van der Waals surface area contributed by atoms with E-state index in [-0.39, 0.29) is 12.2 Å². The summed E-state index contributed by atoms with van der Waals surface area (Å²) in [6, 6.07) is 18.0. The topological polar surface area (TPSA) is 9.23 Å². The van der Waals surface area contributed by atoms with Gasteiger partial charge in [0.1, 0.15) is 12.2 Å². The summed E-state index contributed by atoms with van der Waals surface area (Å²) in [5.74, 6) is 0. The van der Waals surface area contributed by atoms with Crippen molar-refractivity contribution in [2.75, 3.05) is 0 Å². The minimum Gasteiger partial charge on any atom is -0.357 e. The van der Waals surface area contributed by atoms with E-state index in [1.807, 2.05) is 0 Å². The summed E-state index contributed by atoms with van der Waals surface area (Å²) in [7, 11) is 0. The Labute approximate surface area is 240 Å². The van der Waals surface area contributed by atoms with E-state index in [0.717, 1.165) is 38.5 Å². The standard InChI is InChI=1S/C38H54O/c1-11-33-17-21-35(22-18-33)37(25-29(7)13-15-31(9)27(3)4)39-38(36-23-19-34(12-2)20-24-36)26-30(8)14-16-32(10)28(5)6/h17-26,37-38H,11-16H2,1-10H3. The van der Waals surface area contributed by atoms with Crippen molar-refractivity contribution in [1.82, 2.24) is 0 Å². The van der Waals surface area contributed by atoms with Gasteiger partial charge in [-0.05, 0) is 116 Å². The summed E-state index contributed by atoms with van der Waals surface area (Å²) in [4.78, 5) is 0. The maximum Gasteiger partial charge on any atom is 0.102 e. The van der Waals surface area contributed by atoms with E-state index in [9.17, 15) is 0 Å². The van der Waals surface area contributed by atoms with Crippen LogP contribution in [0.5, 0.6) is 0 Å². The quantitative estimate of drug-likeness (QED) is 0.222. The van der Waals surface area contributed by atoms with Crippen molar-refractivity contribution in [2.24, 2.45) is 0 Å². The molecule has 0 N–H and O–H groups in total. The van der Waals surface area contributed by atoms with Crippen molar-refractivity contribution >= 4 is 0 Å². The molecule has 1 nitrogen and oxygen atoms in total. The van der Waals surface area contributed by atoms with Crippen molar-refractivity contribution in [3.63, 3.8) is 0 Å². The van der Waals surface area contributed by atoms with Gasteiger partial charge in [-0.25, -0.2) is 0 Å². The number of hydrogen-bond acceptors (Lipinski definition) is 1. The fraction of sp³-hybridized carbons (Fsp3) is 0.474. The molecular formula is C38H54O. The summed E-state index contributed by atoms with van der Waals surface area (Å²) < 4.78 is 7.04. The second-order valence-corrected chi connectivity index (χ2v) is 11.8. The van der Waals surface area contributed by atoms with Crippen LogP contribution in [0.1, 0.15) is 129 Å². The zero-order valence-corrected chi connectivity index (χ0v) is 26.6. The Morgan fingerprint density at radius 3 is 1.15 bits per heavy atom. The second kappa shape index (κ2) is 16.5. The lowest BCUT2D eigenvalue weighted by Gasteiger charge is -2.24. The Balaban J connectivity index is 2.46. The van der Waals surface area contributed by atoms with Gasteiger partial charge < -0.3 is 4.74 Å². The van der Waals surface area contributed by atoms with Gasteiger partial charge in [0.05, 0.1) is 0 Å². The van der Waals surface area contributed by atoms with Crippen molar-refractivity contribution in [3.8, 4) is 0 Å². The van der Waals surface area contributed by atoms with E-state index in [4.69, 9.17) is 4.74 Å². The fourth-order valence-corrected chi connectivity index (χ4v) is 4.42. The third-order valence-electron chi connectivity index (χ3n) is 8.09. The van der Waals surface area contributed by atoms with E-state index in [1.165, 1.54) is 55.7 Å². The Bertz CT molecular complexity index is 1050. The molecule has 0 spiro atoms. The molecule has 0 aliphatic carbocycles. The molecule has 0 saturated carbocycles. The summed E-state index contributed by atoms with van der Waals surface area (Å²) in [5, 5.41) is 0. The highest BCUT2D eigenvalue weighted by atomic mass is 16.5. The molecule has 2 aromatic rings. The molecule has 0 amide bonds. The maximum atomic E-state index is 7.04. The van der Waals surface area contributed by atoms with Gasteiger partial charge in [-0.1, -0.05) is 108 Å². The van der Waals surface area contributed by atoms with Crippen molar-refractivity contribution in [2.45, 2.75) is 120 Å². The zero-order valence-electron chi connectivity index (χ0n) is 26.6. The Hall–Kier alpha value is -2.64. The smallest absolute Gasteiger partial charge is 0.102 e. The van der Waals surface area contributed by atoms with Crippen LogP contribution in [-0.2, 0) is 17.6 Å². The SMILES string of the molecule is CCc1ccc(C(C=C(C)CCC(C)=C(C)C)OC(C=C(C)CCC(C)=C(C)C)c2ccc(CC)cc2)cc1. The molecule has 39 heavy (non-hydrogen) atoms. The lowest BCUT2D eigenvalue weighted by molar-refractivity contribution is 0.0388. The first-order chi connectivity index (χ1) is 18.5. The molecule has 2 unspecified atom stereocenters. The van der Waals surface area contributed by atoms with E-state index in [1.54, 1.807) is 0 Å². The Kier molecular flexibility index (Phi) is 13.7. The van der Waals surface area contributed by atoms with Gasteiger partial charge in [-0.2, -0.15) is 0 Å². The maximum absolute atomic E-state index is 7.04. The number of aryl methyl sites for hydroxylation is 2.